The Balaban J connectivity index is 1.93. The van der Waals surface area contributed by atoms with Gasteiger partial charge in [0.25, 0.3) is 0 Å². The summed E-state index contributed by atoms with van der Waals surface area (Å²) in [6.45, 7) is 17.8. The lowest BCUT2D eigenvalue weighted by atomic mass is 9.47. The summed E-state index contributed by atoms with van der Waals surface area (Å²) in [6, 6.07) is 0. The summed E-state index contributed by atoms with van der Waals surface area (Å²) in [5.41, 5.74) is 3.88. The van der Waals surface area contributed by atoms with Gasteiger partial charge in [0, 0.05) is 6.92 Å². The van der Waals surface area contributed by atoms with Gasteiger partial charge in [0.15, 0.2) is 0 Å². The first-order valence-electron chi connectivity index (χ1n) is 11.1. The fourth-order valence-corrected chi connectivity index (χ4v) is 6.19. The quantitative estimate of drug-likeness (QED) is 0.346. The molecule has 154 valence electrons. The van der Waals surface area contributed by atoms with Crippen molar-refractivity contribution in [1.82, 2.24) is 0 Å². The average molecular weight is 375 g/mol. The van der Waals surface area contributed by atoms with Crippen molar-refractivity contribution in [3.05, 3.63) is 23.8 Å². The lowest BCUT2D eigenvalue weighted by molar-refractivity contribution is -0.145. The first-order chi connectivity index (χ1) is 12.6. The maximum Gasteiger partial charge on any atom is 0.302 e. The van der Waals surface area contributed by atoms with Crippen LogP contribution >= 0.6 is 0 Å². The Labute approximate surface area is 167 Å². The molecule has 2 nitrogen and oxygen atoms in total. The molecule has 0 aromatic rings. The Hall–Kier alpha value is -1.05. The van der Waals surface area contributed by atoms with Crippen LogP contribution in [0.15, 0.2) is 23.8 Å². The number of carbonyl (C=O) groups is 1. The van der Waals surface area contributed by atoms with E-state index in [1.807, 2.05) is 6.92 Å². The van der Waals surface area contributed by atoms with E-state index in [9.17, 15) is 4.79 Å². The summed E-state index contributed by atoms with van der Waals surface area (Å²) in [5.74, 6) is 1.32. The van der Waals surface area contributed by atoms with E-state index >= 15 is 0 Å². The Morgan fingerprint density at radius 2 is 2.00 bits per heavy atom. The minimum Gasteiger partial charge on any atom is -0.463 e. The Kier molecular flexibility index (Phi) is 7.39. The molecule has 0 spiro atoms. The third-order valence-electron chi connectivity index (χ3n) is 7.58. The maximum atomic E-state index is 11.0. The first kappa shape index (κ1) is 22.2. The van der Waals surface area contributed by atoms with E-state index in [1.54, 1.807) is 0 Å². The molecule has 0 unspecified atom stereocenters. The molecule has 0 amide bonds. The molecule has 2 saturated carbocycles. The number of esters is 1. The molecule has 0 saturated heterocycles. The summed E-state index contributed by atoms with van der Waals surface area (Å²) in [7, 11) is 0. The van der Waals surface area contributed by atoms with Crippen molar-refractivity contribution in [2.45, 2.75) is 105 Å². The van der Waals surface area contributed by atoms with Gasteiger partial charge in [0.05, 0.1) is 6.10 Å². The van der Waals surface area contributed by atoms with Crippen LogP contribution in [0.5, 0.6) is 0 Å². The zero-order chi connectivity index (χ0) is 20.2. The first-order valence-corrected chi connectivity index (χ1v) is 11.1. The summed E-state index contributed by atoms with van der Waals surface area (Å²) in [4.78, 5) is 11.0. The molecule has 2 fully saturated rings. The zero-order valence-electron chi connectivity index (χ0n) is 18.7. The number of hydrogen-bond acceptors (Lipinski definition) is 2. The standard InChI is InChI=1S/C25H42O2/c1-18(10-8-11-20(3)27-21(4)26)12-14-22-19(2)13-15-23-24(5,6)16-9-17-25(22,23)7/h10,20,22-23H,2,8-9,11-17H2,1,3-7H3/b18-10+/t20-,22-,23-,25+/m1/s1. The van der Waals surface area contributed by atoms with Gasteiger partial charge in [-0.1, -0.05) is 51.0 Å². The van der Waals surface area contributed by atoms with Crippen LogP contribution in [0.4, 0.5) is 0 Å². The number of hydrogen-bond donors (Lipinski definition) is 0. The molecule has 0 bridgehead atoms. The van der Waals surface area contributed by atoms with Gasteiger partial charge < -0.3 is 4.74 Å². The van der Waals surface area contributed by atoms with E-state index in [2.05, 4.69) is 40.3 Å². The smallest absolute Gasteiger partial charge is 0.302 e. The SMILES string of the molecule is C=C1CC[C@@H]2C(C)(C)CCC[C@@]2(C)[C@@H]1CC/C(C)=C/CC[C@@H](C)OC(C)=O. The van der Waals surface area contributed by atoms with Gasteiger partial charge in [-0.3, -0.25) is 4.79 Å². The number of rotatable bonds is 7. The highest BCUT2D eigenvalue weighted by Gasteiger charge is 2.52. The van der Waals surface area contributed by atoms with Gasteiger partial charge in [-0.25, -0.2) is 0 Å². The van der Waals surface area contributed by atoms with Crippen LogP contribution in [0.3, 0.4) is 0 Å². The maximum absolute atomic E-state index is 11.0. The van der Waals surface area contributed by atoms with Gasteiger partial charge in [-0.05, 0) is 87.9 Å². The lowest BCUT2D eigenvalue weighted by Gasteiger charge is -2.58. The molecule has 27 heavy (non-hydrogen) atoms. The zero-order valence-corrected chi connectivity index (χ0v) is 18.7. The molecule has 0 N–H and O–H groups in total. The summed E-state index contributed by atoms with van der Waals surface area (Å²) in [6.07, 6.45) is 13.3. The molecule has 0 heterocycles. The van der Waals surface area contributed by atoms with Crippen LogP contribution in [-0.4, -0.2) is 12.1 Å². The highest BCUT2D eigenvalue weighted by molar-refractivity contribution is 5.66. The minimum absolute atomic E-state index is 0.00816. The molecule has 2 rings (SSSR count). The summed E-state index contributed by atoms with van der Waals surface area (Å²) in [5, 5.41) is 0. The number of allylic oxidation sites excluding steroid dienone is 3. The van der Waals surface area contributed by atoms with Crippen molar-refractivity contribution in [2.75, 3.05) is 0 Å². The third-order valence-corrected chi connectivity index (χ3v) is 7.58. The normalized spacial score (nSPS) is 31.9. The van der Waals surface area contributed by atoms with E-state index in [0.717, 1.165) is 25.2 Å². The van der Waals surface area contributed by atoms with E-state index in [-0.39, 0.29) is 12.1 Å². The summed E-state index contributed by atoms with van der Waals surface area (Å²) >= 11 is 0. The predicted molar refractivity (Wildman–Crippen MR) is 115 cm³/mol. The highest BCUT2D eigenvalue weighted by atomic mass is 16.5. The molecule has 2 heteroatoms. The van der Waals surface area contributed by atoms with Gasteiger partial charge in [-0.2, -0.15) is 0 Å². The van der Waals surface area contributed by atoms with Crippen molar-refractivity contribution in [1.29, 1.82) is 0 Å². The molecule has 0 aliphatic heterocycles. The van der Waals surface area contributed by atoms with E-state index in [0.29, 0.717) is 16.7 Å². The fraction of sp³-hybridized carbons (Fsp3) is 0.800. The Bertz CT molecular complexity index is 571. The highest BCUT2D eigenvalue weighted by Crippen LogP contribution is 2.61. The lowest BCUT2D eigenvalue weighted by Crippen LogP contribution is -2.49. The molecule has 2 aliphatic rings. The van der Waals surface area contributed by atoms with Crippen molar-refractivity contribution < 1.29 is 9.53 Å². The van der Waals surface area contributed by atoms with Crippen molar-refractivity contribution in [2.24, 2.45) is 22.7 Å². The van der Waals surface area contributed by atoms with Crippen LogP contribution in [0.1, 0.15) is 99.3 Å². The van der Waals surface area contributed by atoms with Crippen molar-refractivity contribution in [3.8, 4) is 0 Å². The van der Waals surface area contributed by atoms with Gasteiger partial charge >= 0.3 is 5.97 Å². The number of ether oxygens (including phenoxy) is 1. The molecular formula is C25H42O2. The monoisotopic (exact) mass is 374 g/mol. The van der Waals surface area contributed by atoms with E-state index < -0.39 is 0 Å². The molecular weight excluding hydrogens is 332 g/mol. The Morgan fingerprint density at radius 3 is 2.67 bits per heavy atom. The molecule has 2 aliphatic carbocycles. The van der Waals surface area contributed by atoms with Crippen LogP contribution in [-0.2, 0) is 9.53 Å². The van der Waals surface area contributed by atoms with E-state index in [1.165, 1.54) is 56.6 Å². The van der Waals surface area contributed by atoms with Gasteiger partial charge in [0.1, 0.15) is 0 Å². The summed E-state index contributed by atoms with van der Waals surface area (Å²) < 4.78 is 5.21. The molecule has 0 aromatic carbocycles. The average Bonchev–Trinajstić information content (AvgIpc) is 2.52. The van der Waals surface area contributed by atoms with E-state index in [4.69, 9.17) is 4.74 Å². The second-order valence-corrected chi connectivity index (χ2v) is 10.2. The van der Waals surface area contributed by atoms with Crippen LogP contribution < -0.4 is 0 Å². The minimum atomic E-state index is -0.183. The van der Waals surface area contributed by atoms with Gasteiger partial charge in [-0.15, -0.1) is 0 Å². The second-order valence-electron chi connectivity index (χ2n) is 10.2. The number of carbonyl (C=O) groups excluding carboxylic acids is 1. The molecule has 0 radical (unpaired) electrons. The van der Waals surface area contributed by atoms with Crippen molar-refractivity contribution >= 4 is 5.97 Å². The second kappa shape index (κ2) is 8.97. The Morgan fingerprint density at radius 1 is 1.30 bits per heavy atom. The van der Waals surface area contributed by atoms with Crippen LogP contribution in [0.2, 0.25) is 0 Å². The van der Waals surface area contributed by atoms with Gasteiger partial charge in [0.2, 0.25) is 0 Å². The topological polar surface area (TPSA) is 26.3 Å². The van der Waals surface area contributed by atoms with Crippen LogP contribution in [0, 0.1) is 22.7 Å². The molecule has 4 atom stereocenters. The predicted octanol–water partition coefficient (Wildman–Crippen LogP) is 7.24. The molecule has 0 aromatic heterocycles. The largest absolute Gasteiger partial charge is 0.463 e. The fourth-order valence-electron chi connectivity index (χ4n) is 6.19. The number of fused-ring (bicyclic) bond motifs is 1. The van der Waals surface area contributed by atoms with Crippen molar-refractivity contribution in [3.63, 3.8) is 0 Å². The third kappa shape index (κ3) is 5.48. The van der Waals surface area contributed by atoms with Crippen LogP contribution in [0.25, 0.3) is 0 Å².